The van der Waals surface area contributed by atoms with Crippen molar-refractivity contribution in [3.05, 3.63) is 0 Å². The van der Waals surface area contributed by atoms with Crippen LogP contribution in [0.1, 0.15) is 27.7 Å². The molecule has 2 N–H and O–H groups in total. The van der Waals surface area contributed by atoms with E-state index in [1.165, 1.54) is 6.92 Å². The number of ether oxygens (including phenoxy) is 1. The summed E-state index contributed by atoms with van der Waals surface area (Å²) in [5, 5.41) is 18.3. The Morgan fingerprint density at radius 1 is 1.15 bits per heavy atom. The topological polar surface area (TPSA) is 107 Å². The summed E-state index contributed by atoms with van der Waals surface area (Å²) < 4.78 is 5.18. The third-order valence-electron chi connectivity index (χ3n) is 3.03. The highest BCUT2D eigenvalue weighted by Gasteiger charge is 2.49. The van der Waals surface area contributed by atoms with Crippen LogP contribution in [0.25, 0.3) is 0 Å². The van der Waals surface area contributed by atoms with Crippen molar-refractivity contribution in [3.63, 3.8) is 0 Å². The number of carboxylic acid groups (broad SMARTS) is 2. The highest BCUT2D eigenvalue weighted by molar-refractivity contribution is 5.85. The first-order chi connectivity index (χ1) is 8.97. The van der Waals surface area contributed by atoms with Crippen LogP contribution in [0.2, 0.25) is 0 Å². The van der Waals surface area contributed by atoms with E-state index >= 15 is 0 Å². The van der Waals surface area contributed by atoms with Gasteiger partial charge in [0.2, 0.25) is 0 Å². The molecule has 2 amide bonds. The minimum Gasteiger partial charge on any atom is -0.479 e. The molecule has 0 saturated carbocycles. The Labute approximate surface area is 116 Å². The maximum absolute atomic E-state index is 12.1. The fourth-order valence-corrected chi connectivity index (χ4v) is 1.96. The van der Waals surface area contributed by atoms with Crippen molar-refractivity contribution in [2.45, 2.75) is 38.8 Å². The molecule has 0 aromatic carbocycles. The second-order valence-corrected chi connectivity index (χ2v) is 5.92. The quantitative estimate of drug-likeness (QED) is 0.747. The fraction of sp³-hybridized carbons (Fsp3) is 0.750. The molecule has 1 aliphatic rings. The summed E-state index contributed by atoms with van der Waals surface area (Å²) >= 11 is 0. The zero-order chi connectivity index (χ0) is 15.7. The molecule has 8 nitrogen and oxygen atoms in total. The maximum Gasteiger partial charge on any atom is 0.411 e. The van der Waals surface area contributed by atoms with Gasteiger partial charge in [-0.15, -0.1) is 0 Å². The van der Waals surface area contributed by atoms with Crippen LogP contribution in [0.15, 0.2) is 0 Å². The van der Waals surface area contributed by atoms with E-state index < -0.39 is 29.3 Å². The van der Waals surface area contributed by atoms with Gasteiger partial charge in [-0.3, -0.25) is 4.90 Å². The molecule has 1 aliphatic heterocycles. The Morgan fingerprint density at radius 2 is 1.70 bits per heavy atom. The molecular weight excluding hydrogens is 268 g/mol. The molecule has 1 fully saturated rings. The normalized spacial score (nSPS) is 23.4. The summed E-state index contributed by atoms with van der Waals surface area (Å²) in [4.78, 5) is 36.6. The minimum atomic E-state index is -1.64. The summed E-state index contributed by atoms with van der Waals surface area (Å²) in [7, 11) is 0. The van der Waals surface area contributed by atoms with Gasteiger partial charge < -0.3 is 19.8 Å². The van der Waals surface area contributed by atoms with Crippen LogP contribution >= 0.6 is 0 Å². The van der Waals surface area contributed by atoms with Gasteiger partial charge in [0.15, 0.2) is 5.54 Å². The van der Waals surface area contributed by atoms with Crippen LogP contribution in [0.5, 0.6) is 0 Å². The van der Waals surface area contributed by atoms with Gasteiger partial charge in [0.05, 0.1) is 6.54 Å². The summed E-state index contributed by atoms with van der Waals surface area (Å²) in [5.41, 5.74) is -2.39. The van der Waals surface area contributed by atoms with Crippen molar-refractivity contribution in [1.29, 1.82) is 0 Å². The van der Waals surface area contributed by atoms with Crippen LogP contribution in [0.3, 0.4) is 0 Å². The Bertz CT molecular complexity index is 430. The predicted octanol–water partition coefficient (Wildman–Crippen LogP) is 1.06. The maximum atomic E-state index is 12.1. The van der Waals surface area contributed by atoms with Crippen molar-refractivity contribution >= 4 is 18.2 Å². The average Bonchev–Trinajstić information content (AvgIpc) is 2.25. The van der Waals surface area contributed by atoms with Gasteiger partial charge in [0.1, 0.15) is 5.60 Å². The molecule has 1 atom stereocenters. The Balaban J connectivity index is 2.98. The number of carbonyl (C=O) groups excluding carboxylic acids is 1. The predicted molar refractivity (Wildman–Crippen MR) is 68.6 cm³/mol. The van der Waals surface area contributed by atoms with Gasteiger partial charge >= 0.3 is 18.2 Å². The molecule has 0 aromatic heterocycles. The number of piperazine rings is 1. The molecule has 114 valence electrons. The smallest absolute Gasteiger partial charge is 0.411 e. The molecule has 0 bridgehead atoms. The van der Waals surface area contributed by atoms with Gasteiger partial charge in [-0.1, -0.05) is 0 Å². The number of amides is 2. The molecule has 1 saturated heterocycles. The summed E-state index contributed by atoms with van der Waals surface area (Å²) in [6, 6.07) is 0. The molecule has 20 heavy (non-hydrogen) atoms. The van der Waals surface area contributed by atoms with Gasteiger partial charge in [0, 0.05) is 13.1 Å². The number of carbonyl (C=O) groups is 3. The molecule has 1 rings (SSSR count). The number of carboxylic acids is 1. The zero-order valence-electron chi connectivity index (χ0n) is 12.0. The van der Waals surface area contributed by atoms with E-state index in [-0.39, 0.29) is 19.6 Å². The van der Waals surface area contributed by atoms with Crippen molar-refractivity contribution < 1.29 is 29.3 Å². The van der Waals surface area contributed by atoms with Gasteiger partial charge in [0.25, 0.3) is 0 Å². The van der Waals surface area contributed by atoms with Crippen molar-refractivity contribution in [3.8, 4) is 0 Å². The number of hydrogen-bond acceptors (Lipinski definition) is 4. The largest absolute Gasteiger partial charge is 0.479 e. The molecule has 0 aromatic rings. The molecule has 0 aliphatic carbocycles. The average molecular weight is 288 g/mol. The van der Waals surface area contributed by atoms with E-state index in [0.29, 0.717) is 0 Å². The van der Waals surface area contributed by atoms with Gasteiger partial charge in [-0.05, 0) is 27.7 Å². The highest BCUT2D eigenvalue weighted by Crippen LogP contribution is 2.24. The molecule has 1 heterocycles. The van der Waals surface area contributed by atoms with E-state index in [4.69, 9.17) is 9.84 Å². The van der Waals surface area contributed by atoms with Crippen LogP contribution in [0.4, 0.5) is 9.59 Å². The Hall–Kier alpha value is -1.99. The third kappa shape index (κ3) is 3.31. The van der Waals surface area contributed by atoms with E-state index in [1.54, 1.807) is 20.8 Å². The second kappa shape index (κ2) is 5.18. The van der Waals surface area contributed by atoms with Crippen molar-refractivity contribution in [1.82, 2.24) is 9.80 Å². The van der Waals surface area contributed by atoms with Gasteiger partial charge in [-0.2, -0.15) is 0 Å². The third-order valence-corrected chi connectivity index (χ3v) is 3.03. The van der Waals surface area contributed by atoms with Crippen molar-refractivity contribution in [2.24, 2.45) is 0 Å². The fourth-order valence-electron chi connectivity index (χ4n) is 1.96. The standard InChI is InChI=1S/C12H20N2O6/c1-11(2,3)20-10(19)14-6-5-13(9(17)18)7-12(14,4)8(15)16/h5-7H2,1-4H3,(H,15,16)(H,17,18). The molecule has 0 radical (unpaired) electrons. The van der Waals surface area contributed by atoms with Crippen LogP contribution in [-0.4, -0.2) is 68.9 Å². The summed E-state index contributed by atoms with van der Waals surface area (Å²) in [6.45, 7) is 6.08. The summed E-state index contributed by atoms with van der Waals surface area (Å²) in [5.74, 6) is -1.27. The van der Waals surface area contributed by atoms with Crippen LogP contribution < -0.4 is 0 Å². The molecule has 8 heteroatoms. The zero-order valence-corrected chi connectivity index (χ0v) is 12.0. The number of aliphatic carboxylic acids is 1. The first-order valence-electron chi connectivity index (χ1n) is 6.19. The lowest BCUT2D eigenvalue weighted by atomic mass is 9.97. The number of rotatable bonds is 1. The highest BCUT2D eigenvalue weighted by atomic mass is 16.6. The SMILES string of the molecule is CC(C)(C)OC(=O)N1CCN(C(=O)O)CC1(C)C(=O)O. The molecule has 1 unspecified atom stereocenters. The lowest BCUT2D eigenvalue weighted by Gasteiger charge is -2.45. The van der Waals surface area contributed by atoms with E-state index in [1.807, 2.05) is 0 Å². The monoisotopic (exact) mass is 288 g/mol. The molecule has 0 spiro atoms. The van der Waals surface area contributed by atoms with Crippen LogP contribution in [-0.2, 0) is 9.53 Å². The van der Waals surface area contributed by atoms with Crippen molar-refractivity contribution in [2.75, 3.05) is 19.6 Å². The number of hydrogen-bond donors (Lipinski definition) is 2. The lowest BCUT2D eigenvalue weighted by molar-refractivity contribution is -0.153. The summed E-state index contributed by atoms with van der Waals surface area (Å²) in [6.07, 6.45) is -1.96. The Morgan fingerprint density at radius 3 is 2.10 bits per heavy atom. The first kappa shape index (κ1) is 16.1. The van der Waals surface area contributed by atoms with Gasteiger partial charge in [-0.25, -0.2) is 14.4 Å². The van der Waals surface area contributed by atoms with Crippen LogP contribution in [0, 0.1) is 0 Å². The lowest BCUT2D eigenvalue weighted by Crippen LogP contribution is -2.67. The van der Waals surface area contributed by atoms with E-state index in [2.05, 4.69) is 0 Å². The Kier molecular flexibility index (Phi) is 4.16. The van der Waals surface area contributed by atoms with E-state index in [9.17, 15) is 19.5 Å². The van der Waals surface area contributed by atoms with E-state index in [0.717, 1.165) is 9.80 Å². The number of nitrogens with zero attached hydrogens (tertiary/aromatic N) is 2. The second-order valence-electron chi connectivity index (χ2n) is 5.92. The first-order valence-corrected chi connectivity index (χ1v) is 6.19. The molecular formula is C12H20N2O6. The minimum absolute atomic E-state index is 0.0238.